The van der Waals surface area contributed by atoms with Crippen molar-refractivity contribution in [3.63, 3.8) is 0 Å². The summed E-state index contributed by atoms with van der Waals surface area (Å²) in [6, 6.07) is 7.70. The van der Waals surface area contributed by atoms with Crippen molar-refractivity contribution < 1.29 is 6.17 Å². The number of hydrogen-bond acceptors (Lipinski definition) is 4. The molecular formula is C19H21N5O. The summed E-state index contributed by atoms with van der Waals surface area (Å²) in [4.78, 5) is 16.7. The fourth-order valence-electron chi connectivity index (χ4n) is 3.21. The molecule has 1 amide bonds. The van der Waals surface area contributed by atoms with Gasteiger partial charge in [-0.15, -0.1) is 0 Å². The van der Waals surface area contributed by atoms with Crippen LogP contribution in [0.5, 0.6) is 0 Å². The summed E-state index contributed by atoms with van der Waals surface area (Å²) in [6.45, 7) is 1.73. The number of aryl methyl sites for hydroxylation is 1. The van der Waals surface area contributed by atoms with Crippen molar-refractivity contribution in [2.45, 2.75) is 12.8 Å². The minimum Gasteiger partial charge on any atom is -0.317 e. The standard InChI is InChI=1S/C19H21N5O/c1-24-12-17(11-22-24)14-2-3-15-10-21-18(9-16(15)8-14)23-19(25)13-4-6-20-7-5-13/h2-3,8-13,20H,4-7H2,1H3,(H,21,23,25)/i10D. The van der Waals surface area contributed by atoms with Crippen molar-refractivity contribution in [1.82, 2.24) is 20.1 Å². The molecule has 1 fully saturated rings. The number of aromatic nitrogens is 3. The van der Waals surface area contributed by atoms with Crippen molar-refractivity contribution >= 4 is 22.5 Å². The van der Waals surface area contributed by atoms with Crippen LogP contribution in [0.4, 0.5) is 5.82 Å². The van der Waals surface area contributed by atoms with Crippen molar-refractivity contribution in [2.24, 2.45) is 13.0 Å². The highest BCUT2D eigenvalue weighted by molar-refractivity contribution is 5.95. The Bertz CT molecular complexity index is 962. The van der Waals surface area contributed by atoms with Crippen LogP contribution >= 0.6 is 0 Å². The zero-order valence-electron chi connectivity index (χ0n) is 15.1. The molecule has 3 heterocycles. The lowest BCUT2D eigenvalue weighted by molar-refractivity contribution is -0.120. The van der Waals surface area contributed by atoms with E-state index < -0.39 is 0 Å². The largest absolute Gasteiger partial charge is 0.317 e. The van der Waals surface area contributed by atoms with Crippen LogP contribution in [0.3, 0.4) is 0 Å². The molecule has 0 aliphatic carbocycles. The molecular weight excluding hydrogens is 314 g/mol. The Morgan fingerprint density at radius 1 is 1.28 bits per heavy atom. The van der Waals surface area contributed by atoms with Crippen LogP contribution in [0.2, 0.25) is 0 Å². The Morgan fingerprint density at radius 3 is 2.88 bits per heavy atom. The van der Waals surface area contributed by atoms with Crippen LogP contribution in [-0.4, -0.2) is 33.8 Å². The third kappa shape index (κ3) is 3.39. The number of benzene rings is 1. The van der Waals surface area contributed by atoms with E-state index in [1.54, 1.807) is 4.68 Å². The highest BCUT2D eigenvalue weighted by atomic mass is 16.1. The van der Waals surface area contributed by atoms with Gasteiger partial charge in [0.15, 0.2) is 0 Å². The van der Waals surface area contributed by atoms with Crippen molar-refractivity contribution in [2.75, 3.05) is 18.4 Å². The number of carbonyl (C=O) groups excluding carboxylic acids is 1. The number of amides is 1. The first-order valence-corrected chi connectivity index (χ1v) is 8.52. The van der Waals surface area contributed by atoms with Gasteiger partial charge in [0.25, 0.3) is 0 Å². The zero-order valence-corrected chi connectivity index (χ0v) is 14.1. The van der Waals surface area contributed by atoms with E-state index in [1.165, 1.54) is 0 Å². The van der Waals surface area contributed by atoms with E-state index in [0.29, 0.717) is 5.82 Å². The molecule has 0 atom stereocenters. The molecule has 0 saturated carbocycles. The number of anilines is 1. The summed E-state index contributed by atoms with van der Waals surface area (Å²) in [5.41, 5.74) is 2.03. The topological polar surface area (TPSA) is 71.8 Å². The van der Waals surface area contributed by atoms with Crippen molar-refractivity contribution in [3.05, 3.63) is 42.8 Å². The summed E-state index contributed by atoms with van der Waals surface area (Å²) in [5, 5.41) is 12.0. The summed E-state index contributed by atoms with van der Waals surface area (Å²) >= 11 is 0. The molecule has 0 radical (unpaired) electrons. The van der Waals surface area contributed by atoms with Gasteiger partial charge >= 0.3 is 0 Å². The first kappa shape index (κ1) is 14.6. The Labute approximate surface area is 147 Å². The number of rotatable bonds is 3. The lowest BCUT2D eigenvalue weighted by Gasteiger charge is -2.21. The number of fused-ring (bicyclic) bond motifs is 1. The average molecular weight is 336 g/mol. The number of pyridine rings is 1. The lowest BCUT2D eigenvalue weighted by atomic mass is 9.97. The van der Waals surface area contributed by atoms with Crippen molar-refractivity contribution in [1.29, 1.82) is 0 Å². The van der Waals surface area contributed by atoms with Gasteiger partial charge in [0.1, 0.15) is 5.82 Å². The van der Waals surface area contributed by atoms with Crippen LogP contribution < -0.4 is 10.6 Å². The quantitative estimate of drug-likeness (QED) is 0.771. The van der Waals surface area contributed by atoms with Gasteiger partial charge < -0.3 is 10.6 Å². The highest BCUT2D eigenvalue weighted by Gasteiger charge is 2.21. The number of nitrogens with zero attached hydrogens (tertiary/aromatic N) is 3. The second-order valence-corrected chi connectivity index (χ2v) is 6.47. The minimum absolute atomic E-state index is 0.00431. The molecule has 1 aliphatic rings. The maximum atomic E-state index is 12.5. The van der Waals surface area contributed by atoms with E-state index in [9.17, 15) is 4.79 Å². The van der Waals surface area contributed by atoms with Crippen molar-refractivity contribution in [3.8, 4) is 11.1 Å². The normalized spacial score (nSPS) is 16.0. The first-order chi connectivity index (χ1) is 12.6. The Hall–Kier alpha value is -2.73. The van der Waals surface area contributed by atoms with Gasteiger partial charge in [0.2, 0.25) is 5.91 Å². The van der Waals surface area contributed by atoms with E-state index in [1.807, 2.05) is 43.7 Å². The Kier molecular flexibility index (Phi) is 3.88. The summed E-state index contributed by atoms with van der Waals surface area (Å²) in [7, 11) is 1.88. The monoisotopic (exact) mass is 336 g/mol. The van der Waals surface area contributed by atoms with Crippen LogP contribution in [0, 0.1) is 5.92 Å². The van der Waals surface area contributed by atoms with Gasteiger partial charge in [0.05, 0.1) is 7.57 Å². The predicted molar refractivity (Wildman–Crippen MR) is 98.2 cm³/mol. The Balaban J connectivity index is 1.64. The van der Waals surface area contributed by atoms with E-state index >= 15 is 0 Å². The minimum atomic E-state index is -0.0128. The van der Waals surface area contributed by atoms with Gasteiger partial charge in [-0.2, -0.15) is 5.10 Å². The molecule has 2 aromatic heterocycles. The summed E-state index contributed by atoms with van der Waals surface area (Å²) in [5.74, 6) is 0.431. The molecule has 0 bridgehead atoms. The molecule has 1 aliphatic heterocycles. The molecule has 6 nitrogen and oxygen atoms in total. The number of nitrogens with one attached hydrogen (secondary N) is 2. The van der Waals surface area contributed by atoms with Gasteiger partial charge in [-0.05, 0) is 49.0 Å². The van der Waals surface area contributed by atoms with Crippen LogP contribution in [-0.2, 0) is 11.8 Å². The van der Waals surface area contributed by atoms with Crippen LogP contribution in [0.1, 0.15) is 14.2 Å². The second-order valence-electron chi connectivity index (χ2n) is 6.47. The average Bonchev–Trinajstić information content (AvgIpc) is 3.08. The molecule has 1 aromatic carbocycles. The first-order valence-electron chi connectivity index (χ1n) is 9.02. The second kappa shape index (κ2) is 6.64. The zero-order chi connectivity index (χ0) is 18.1. The molecule has 6 heteroatoms. The van der Waals surface area contributed by atoms with Gasteiger partial charge in [-0.1, -0.05) is 12.1 Å². The maximum absolute atomic E-state index is 12.5. The SMILES string of the molecule is [2H]c1nc(NC(=O)C2CCNCC2)cc2cc(-c3cnn(C)c3)ccc12. The predicted octanol–water partition coefficient (Wildman–Crippen LogP) is 2.57. The number of carbonyl (C=O) groups is 1. The fourth-order valence-corrected chi connectivity index (χ4v) is 3.21. The van der Waals surface area contributed by atoms with E-state index in [4.69, 9.17) is 1.37 Å². The summed E-state index contributed by atoms with van der Waals surface area (Å²) in [6.07, 6.45) is 5.59. The maximum Gasteiger partial charge on any atom is 0.228 e. The molecule has 0 spiro atoms. The van der Waals surface area contributed by atoms with Gasteiger partial charge in [-0.3, -0.25) is 9.48 Å². The van der Waals surface area contributed by atoms with E-state index in [0.717, 1.165) is 47.8 Å². The fraction of sp³-hybridized carbons (Fsp3) is 0.316. The third-order valence-electron chi connectivity index (χ3n) is 4.64. The van der Waals surface area contributed by atoms with Gasteiger partial charge in [-0.25, -0.2) is 4.98 Å². The molecule has 128 valence electrons. The highest BCUT2D eigenvalue weighted by Crippen LogP contribution is 2.25. The molecule has 2 N–H and O–H groups in total. The van der Waals surface area contributed by atoms with E-state index in [2.05, 4.69) is 20.7 Å². The molecule has 4 rings (SSSR count). The third-order valence-corrected chi connectivity index (χ3v) is 4.64. The van der Waals surface area contributed by atoms with Crippen LogP contribution in [0.15, 0.2) is 42.8 Å². The lowest BCUT2D eigenvalue weighted by Crippen LogP contribution is -2.34. The number of hydrogen-bond donors (Lipinski definition) is 2. The molecule has 25 heavy (non-hydrogen) atoms. The van der Waals surface area contributed by atoms with Crippen LogP contribution in [0.25, 0.3) is 21.9 Å². The van der Waals surface area contributed by atoms with E-state index in [-0.39, 0.29) is 18.0 Å². The molecule has 3 aromatic rings. The molecule has 1 saturated heterocycles. The Morgan fingerprint density at radius 2 is 2.12 bits per heavy atom. The van der Waals surface area contributed by atoms with Gasteiger partial charge in [0, 0.05) is 36.3 Å². The number of piperidine rings is 1. The summed E-state index contributed by atoms with van der Waals surface area (Å²) < 4.78 is 9.94. The molecule has 0 unspecified atom stereocenters. The smallest absolute Gasteiger partial charge is 0.228 e.